The SMILES string of the molecule is CC\C=C/C=C\C=C/CCCCCCCC(=O)OCC(COC(=O)CCCCCCC\C=C/C=C\C=C/CCCCCCC)OC(=O)CCC/C=C\C/C=C\C/C=C\C/C=C\C/C=C\CC. The van der Waals surface area contributed by atoms with Crippen molar-refractivity contribution in [3.8, 4) is 0 Å². The Morgan fingerprint density at radius 1 is 0.333 bits per heavy atom. The molecule has 66 heavy (non-hydrogen) atoms. The Balaban J connectivity index is 4.57. The molecular weight excluding hydrogens is 817 g/mol. The molecule has 6 heteroatoms. The smallest absolute Gasteiger partial charge is 0.306 e. The highest BCUT2D eigenvalue weighted by Gasteiger charge is 2.19. The fraction of sp³-hybridized carbons (Fsp3) is 0.583. The van der Waals surface area contributed by atoms with E-state index in [1.807, 2.05) is 6.08 Å². The van der Waals surface area contributed by atoms with Crippen molar-refractivity contribution in [2.24, 2.45) is 0 Å². The van der Waals surface area contributed by atoms with Gasteiger partial charge in [0.15, 0.2) is 6.10 Å². The van der Waals surface area contributed by atoms with E-state index in [0.29, 0.717) is 19.3 Å². The first-order valence-corrected chi connectivity index (χ1v) is 26.3. The molecule has 0 aliphatic heterocycles. The summed E-state index contributed by atoms with van der Waals surface area (Å²) in [7, 11) is 0. The molecule has 0 aliphatic carbocycles. The van der Waals surface area contributed by atoms with Gasteiger partial charge >= 0.3 is 17.9 Å². The molecule has 0 saturated carbocycles. The van der Waals surface area contributed by atoms with Gasteiger partial charge in [-0.3, -0.25) is 14.4 Å². The van der Waals surface area contributed by atoms with Crippen molar-refractivity contribution in [1.29, 1.82) is 0 Å². The van der Waals surface area contributed by atoms with Crippen LogP contribution in [-0.4, -0.2) is 37.2 Å². The molecule has 0 N–H and O–H groups in total. The molecule has 0 bridgehead atoms. The summed E-state index contributed by atoms with van der Waals surface area (Å²) < 4.78 is 16.7. The lowest BCUT2D eigenvalue weighted by molar-refractivity contribution is -0.167. The van der Waals surface area contributed by atoms with E-state index in [-0.39, 0.29) is 37.5 Å². The largest absolute Gasteiger partial charge is 0.462 e. The third-order valence-corrected chi connectivity index (χ3v) is 10.5. The normalized spacial score (nSPS) is 13.2. The molecule has 0 spiro atoms. The van der Waals surface area contributed by atoms with Crippen LogP contribution < -0.4 is 0 Å². The number of hydrogen-bond donors (Lipinski definition) is 0. The summed E-state index contributed by atoms with van der Waals surface area (Å²) in [5, 5.41) is 0. The van der Waals surface area contributed by atoms with Crippen molar-refractivity contribution >= 4 is 17.9 Å². The second kappa shape index (κ2) is 53.2. The Hall–Kier alpha value is -4.45. The van der Waals surface area contributed by atoms with Crippen LogP contribution in [0.1, 0.15) is 207 Å². The molecule has 1 unspecified atom stereocenters. The summed E-state index contributed by atoms with van der Waals surface area (Å²) in [6.45, 7) is 6.27. The van der Waals surface area contributed by atoms with Crippen molar-refractivity contribution in [1.82, 2.24) is 0 Å². The maximum absolute atomic E-state index is 12.8. The van der Waals surface area contributed by atoms with Crippen molar-refractivity contribution in [3.05, 3.63) is 134 Å². The van der Waals surface area contributed by atoms with E-state index in [1.54, 1.807) is 0 Å². The monoisotopic (exact) mass is 911 g/mol. The van der Waals surface area contributed by atoms with E-state index in [9.17, 15) is 14.4 Å². The number of ether oxygens (including phenoxy) is 3. The quantitative estimate of drug-likeness (QED) is 0.0199. The van der Waals surface area contributed by atoms with Crippen LogP contribution in [0.4, 0.5) is 0 Å². The lowest BCUT2D eigenvalue weighted by Crippen LogP contribution is -2.30. The maximum Gasteiger partial charge on any atom is 0.306 e. The number of unbranched alkanes of at least 4 members (excludes halogenated alkanes) is 16. The van der Waals surface area contributed by atoms with Gasteiger partial charge in [-0.15, -0.1) is 0 Å². The van der Waals surface area contributed by atoms with E-state index in [0.717, 1.165) is 128 Å². The van der Waals surface area contributed by atoms with Crippen LogP contribution in [0, 0.1) is 0 Å². The molecule has 370 valence electrons. The van der Waals surface area contributed by atoms with Gasteiger partial charge in [-0.25, -0.2) is 0 Å². The minimum Gasteiger partial charge on any atom is -0.462 e. The average molecular weight is 911 g/mol. The highest BCUT2D eigenvalue weighted by Crippen LogP contribution is 2.12. The minimum atomic E-state index is -0.830. The lowest BCUT2D eigenvalue weighted by Gasteiger charge is -2.18. The molecule has 0 amide bonds. The molecule has 0 saturated heterocycles. The van der Waals surface area contributed by atoms with Crippen LogP contribution in [-0.2, 0) is 28.6 Å². The van der Waals surface area contributed by atoms with Crippen molar-refractivity contribution in [2.75, 3.05) is 13.2 Å². The second-order valence-electron chi connectivity index (χ2n) is 16.8. The predicted octanol–water partition coefficient (Wildman–Crippen LogP) is 17.5. The first-order valence-electron chi connectivity index (χ1n) is 26.3. The predicted molar refractivity (Wildman–Crippen MR) is 283 cm³/mol. The Morgan fingerprint density at radius 2 is 0.682 bits per heavy atom. The molecule has 0 heterocycles. The number of rotatable bonds is 45. The fourth-order valence-electron chi connectivity index (χ4n) is 6.60. The topological polar surface area (TPSA) is 78.9 Å². The van der Waals surface area contributed by atoms with E-state index in [2.05, 4.69) is 148 Å². The van der Waals surface area contributed by atoms with Crippen LogP contribution in [0.15, 0.2) is 134 Å². The van der Waals surface area contributed by atoms with Gasteiger partial charge in [0.2, 0.25) is 0 Å². The molecule has 0 aromatic rings. The maximum atomic E-state index is 12.8. The van der Waals surface area contributed by atoms with Crippen molar-refractivity contribution in [3.63, 3.8) is 0 Å². The summed E-state index contributed by atoms with van der Waals surface area (Å²) in [5.74, 6) is -1.03. The highest BCUT2D eigenvalue weighted by molar-refractivity contribution is 5.71. The summed E-state index contributed by atoms with van der Waals surface area (Å²) in [6, 6.07) is 0. The van der Waals surface area contributed by atoms with E-state index < -0.39 is 6.10 Å². The van der Waals surface area contributed by atoms with E-state index in [1.165, 1.54) is 32.1 Å². The summed E-state index contributed by atoms with van der Waals surface area (Å²) in [6.07, 6.45) is 74.4. The zero-order chi connectivity index (χ0) is 47.9. The van der Waals surface area contributed by atoms with Crippen LogP contribution in [0.5, 0.6) is 0 Å². The standard InChI is InChI=1S/C60H94O6/c1-4-7-10-13-16-19-22-25-27-29-31-32-35-38-41-44-47-50-53-59(62)65-56-57(55-64-58(61)52-49-46-43-40-37-34-24-21-18-15-12-9-6-3)66-60(63)54-51-48-45-42-39-36-33-30-28-26-23-20-17-14-11-8-5-2/h8-9,11-12,15,17-18,20-22,24-29,31-33,36,42,45,57H,4-7,10,13-14,16,19,23,30,34-35,37-41,43-44,46-56H2,1-3H3/b11-8-,12-9-,18-15-,20-17-,24-21-,25-22-,28-26-,29-27-,32-31-,36-33-,45-42-. The van der Waals surface area contributed by atoms with Gasteiger partial charge in [-0.05, 0) is 103 Å². The van der Waals surface area contributed by atoms with Gasteiger partial charge in [0, 0.05) is 19.3 Å². The number of hydrogen-bond acceptors (Lipinski definition) is 6. The van der Waals surface area contributed by atoms with Crippen LogP contribution >= 0.6 is 0 Å². The zero-order valence-corrected chi connectivity index (χ0v) is 42.1. The molecule has 0 fully saturated rings. The molecule has 0 aromatic heterocycles. The summed E-state index contributed by atoms with van der Waals surface area (Å²) in [4.78, 5) is 38.0. The number of carbonyl (C=O) groups is 3. The Kier molecular flexibility index (Phi) is 49.6. The average Bonchev–Trinajstić information content (AvgIpc) is 3.31. The molecule has 0 aliphatic rings. The number of esters is 3. The van der Waals surface area contributed by atoms with Crippen LogP contribution in [0.3, 0.4) is 0 Å². The highest BCUT2D eigenvalue weighted by atomic mass is 16.6. The molecule has 6 nitrogen and oxygen atoms in total. The first-order chi connectivity index (χ1) is 32.5. The minimum absolute atomic E-state index is 0.123. The molecule has 0 aromatic carbocycles. The fourth-order valence-corrected chi connectivity index (χ4v) is 6.60. The van der Waals surface area contributed by atoms with Gasteiger partial charge in [0.1, 0.15) is 13.2 Å². The van der Waals surface area contributed by atoms with E-state index in [4.69, 9.17) is 14.2 Å². The molecule has 0 radical (unpaired) electrons. The number of carbonyl (C=O) groups excluding carboxylic acids is 3. The third-order valence-electron chi connectivity index (χ3n) is 10.5. The third kappa shape index (κ3) is 50.5. The van der Waals surface area contributed by atoms with Crippen LogP contribution in [0.25, 0.3) is 0 Å². The Morgan fingerprint density at radius 3 is 1.12 bits per heavy atom. The molecular formula is C60H94O6. The van der Waals surface area contributed by atoms with Gasteiger partial charge in [-0.2, -0.15) is 0 Å². The second-order valence-corrected chi connectivity index (χ2v) is 16.8. The van der Waals surface area contributed by atoms with E-state index >= 15 is 0 Å². The van der Waals surface area contributed by atoms with Gasteiger partial charge in [0.05, 0.1) is 0 Å². The lowest BCUT2D eigenvalue weighted by atomic mass is 10.1. The Bertz CT molecular complexity index is 1460. The van der Waals surface area contributed by atoms with Gasteiger partial charge in [0.25, 0.3) is 0 Å². The van der Waals surface area contributed by atoms with Gasteiger partial charge in [-0.1, -0.05) is 219 Å². The molecule has 1 atom stereocenters. The van der Waals surface area contributed by atoms with Crippen LogP contribution in [0.2, 0.25) is 0 Å². The van der Waals surface area contributed by atoms with Gasteiger partial charge < -0.3 is 14.2 Å². The van der Waals surface area contributed by atoms with Crippen molar-refractivity contribution in [2.45, 2.75) is 213 Å². The molecule has 0 rings (SSSR count). The summed E-state index contributed by atoms with van der Waals surface area (Å²) in [5.41, 5.74) is 0. The first kappa shape index (κ1) is 61.5. The number of allylic oxidation sites excluding steroid dienone is 22. The summed E-state index contributed by atoms with van der Waals surface area (Å²) >= 11 is 0. The Labute approximate surface area is 405 Å². The zero-order valence-electron chi connectivity index (χ0n) is 42.1. The van der Waals surface area contributed by atoms with Crippen molar-refractivity contribution < 1.29 is 28.6 Å².